The molecule has 15 heavy (non-hydrogen) atoms. The summed E-state index contributed by atoms with van der Waals surface area (Å²) in [5, 5.41) is 5.95. The molecular formula is C11H15N3O. The van der Waals surface area contributed by atoms with E-state index < -0.39 is 0 Å². The average molecular weight is 205 g/mol. The van der Waals surface area contributed by atoms with Crippen molar-refractivity contribution in [3.05, 3.63) is 23.9 Å². The first kappa shape index (κ1) is 10.1. The molecule has 0 unspecified atom stereocenters. The van der Waals surface area contributed by atoms with E-state index in [0.717, 1.165) is 24.9 Å². The first-order valence-electron chi connectivity index (χ1n) is 5.22. The van der Waals surface area contributed by atoms with Crippen molar-refractivity contribution >= 4 is 11.7 Å². The van der Waals surface area contributed by atoms with Gasteiger partial charge in [0.25, 0.3) is 0 Å². The maximum absolute atomic E-state index is 11.7. The number of pyridine rings is 1. The molecule has 2 N–H and O–H groups in total. The zero-order valence-electron chi connectivity index (χ0n) is 8.79. The standard InChI is InChI=1S/C11H15N3O/c1-8-4-5-10(13-7-8)14-11(15)9-3-2-6-12-9/h4-5,7,9,12H,2-3,6H2,1H3,(H,13,14,15)/t9-/m1/s1. The molecule has 2 heterocycles. The fourth-order valence-electron chi connectivity index (χ4n) is 1.66. The van der Waals surface area contributed by atoms with E-state index in [1.807, 2.05) is 19.1 Å². The number of carbonyl (C=O) groups is 1. The quantitative estimate of drug-likeness (QED) is 0.759. The number of hydrogen-bond acceptors (Lipinski definition) is 3. The molecule has 0 aliphatic carbocycles. The Morgan fingerprint density at radius 1 is 1.60 bits per heavy atom. The van der Waals surface area contributed by atoms with Crippen LogP contribution in [0.5, 0.6) is 0 Å². The van der Waals surface area contributed by atoms with Crippen molar-refractivity contribution in [1.82, 2.24) is 10.3 Å². The van der Waals surface area contributed by atoms with Gasteiger partial charge in [0.15, 0.2) is 0 Å². The monoisotopic (exact) mass is 205 g/mol. The van der Waals surface area contributed by atoms with E-state index in [0.29, 0.717) is 5.82 Å². The number of hydrogen-bond donors (Lipinski definition) is 2. The van der Waals surface area contributed by atoms with Gasteiger partial charge in [0, 0.05) is 6.20 Å². The fourth-order valence-corrected chi connectivity index (χ4v) is 1.66. The molecule has 1 aliphatic heterocycles. The predicted molar refractivity (Wildman–Crippen MR) is 58.6 cm³/mol. The summed E-state index contributed by atoms with van der Waals surface area (Å²) in [5.41, 5.74) is 1.09. The molecule has 1 aromatic rings. The Hall–Kier alpha value is -1.42. The van der Waals surface area contributed by atoms with Crippen LogP contribution in [0.2, 0.25) is 0 Å². The summed E-state index contributed by atoms with van der Waals surface area (Å²) < 4.78 is 0. The third-order valence-corrected chi connectivity index (χ3v) is 2.54. The molecule has 1 aliphatic rings. The van der Waals surface area contributed by atoms with Crippen LogP contribution in [-0.4, -0.2) is 23.5 Å². The second-order valence-electron chi connectivity index (χ2n) is 3.86. The van der Waals surface area contributed by atoms with E-state index >= 15 is 0 Å². The highest BCUT2D eigenvalue weighted by molar-refractivity contribution is 5.94. The van der Waals surface area contributed by atoms with Crippen molar-refractivity contribution in [3.63, 3.8) is 0 Å². The summed E-state index contributed by atoms with van der Waals surface area (Å²) in [6.45, 7) is 2.90. The van der Waals surface area contributed by atoms with Gasteiger partial charge in [-0.25, -0.2) is 4.98 Å². The fraction of sp³-hybridized carbons (Fsp3) is 0.455. The van der Waals surface area contributed by atoms with Gasteiger partial charge in [-0.2, -0.15) is 0 Å². The number of amides is 1. The Kier molecular flexibility index (Phi) is 2.97. The highest BCUT2D eigenvalue weighted by Crippen LogP contribution is 2.09. The van der Waals surface area contributed by atoms with Crippen molar-refractivity contribution in [1.29, 1.82) is 0 Å². The van der Waals surface area contributed by atoms with Gasteiger partial charge >= 0.3 is 0 Å². The number of anilines is 1. The zero-order chi connectivity index (χ0) is 10.7. The first-order valence-corrected chi connectivity index (χ1v) is 5.22. The lowest BCUT2D eigenvalue weighted by Crippen LogP contribution is -2.35. The van der Waals surface area contributed by atoms with Crippen LogP contribution in [0.15, 0.2) is 18.3 Å². The molecule has 0 radical (unpaired) electrons. The Morgan fingerprint density at radius 3 is 3.07 bits per heavy atom. The van der Waals surface area contributed by atoms with Gasteiger partial charge < -0.3 is 10.6 Å². The zero-order valence-corrected chi connectivity index (χ0v) is 8.79. The highest BCUT2D eigenvalue weighted by atomic mass is 16.2. The van der Waals surface area contributed by atoms with E-state index in [9.17, 15) is 4.79 Å². The van der Waals surface area contributed by atoms with E-state index in [1.165, 1.54) is 0 Å². The number of nitrogens with zero attached hydrogens (tertiary/aromatic N) is 1. The smallest absolute Gasteiger partial charge is 0.242 e. The summed E-state index contributed by atoms with van der Waals surface area (Å²) in [6.07, 6.45) is 3.73. The van der Waals surface area contributed by atoms with Gasteiger partial charge in [-0.3, -0.25) is 4.79 Å². The Morgan fingerprint density at radius 2 is 2.47 bits per heavy atom. The molecule has 1 amide bonds. The van der Waals surface area contributed by atoms with Crippen molar-refractivity contribution in [2.24, 2.45) is 0 Å². The molecule has 4 heteroatoms. The maximum atomic E-state index is 11.7. The molecule has 0 aromatic carbocycles. The lowest BCUT2D eigenvalue weighted by atomic mass is 10.2. The van der Waals surface area contributed by atoms with Crippen molar-refractivity contribution < 1.29 is 4.79 Å². The minimum Gasteiger partial charge on any atom is -0.309 e. The minimum atomic E-state index is -0.0481. The molecule has 1 atom stereocenters. The molecule has 2 rings (SSSR count). The van der Waals surface area contributed by atoms with Crippen molar-refractivity contribution in [2.45, 2.75) is 25.8 Å². The molecule has 4 nitrogen and oxygen atoms in total. The Labute approximate surface area is 89.1 Å². The number of rotatable bonds is 2. The van der Waals surface area contributed by atoms with Crippen LogP contribution in [-0.2, 0) is 4.79 Å². The summed E-state index contributed by atoms with van der Waals surface area (Å²) in [7, 11) is 0. The summed E-state index contributed by atoms with van der Waals surface area (Å²) >= 11 is 0. The van der Waals surface area contributed by atoms with Gasteiger partial charge in [0.2, 0.25) is 5.91 Å². The summed E-state index contributed by atoms with van der Waals surface area (Å²) in [5.74, 6) is 0.642. The van der Waals surface area contributed by atoms with Crippen LogP contribution in [0.3, 0.4) is 0 Å². The van der Waals surface area contributed by atoms with E-state index in [-0.39, 0.29) is 11.9 Å². The average Bonchev–Trinajstić information content (AvgIpc) is 2.74. The molecule has 80 valence electrons. The van der Waals surface area contributed by atoms with Gasteiger partial charge in [0.05, 0.1) is 6.04 Å². The molecule has 0 bridgehead atoms. The van der Waals surface area contributed by atoms with Crippen LogP contribution in [0.25, 0.3) is 0 Å². The van der Waals surface area contributed by atoms with Crippen molar-refractivity contribution in [3.8, 4) is 0 Å². The SMILES string of the molecule is Cc1ccc(NC(=O)[C@H]2CCCN2)nc1. The van der Waals surface area contributed by atoms with Gasteiger partial charge in [0.1, 0.15) is 5.82 Å². The minimum absolute atomic E-state index is 0.0175. The first-order chi connectivity index (χ1) is 7.25. The van der Waals surface area contributed by atoms with Crippen LogP contribution >= 0.6 is 0 Å². The van der Waals surface area contributed by atoms with Crippen LogP contribution < -0.4 is 10.6 Å². The molecule has 0 saturated carbocycles. The van der Waals surface area contributed by atoms with Crippen molar-refractivity contribution in [2.75, 3.05) is 11.9 Å². The number of carbonyl (C=O) groups excluding carboxylic acids is 1. The molecule has 1 aromatic heterocycles. The predicted octanol–water partition coefficient (Wildman–Crippen LogP) is 1.08. The van der Waals surface area contributed by atoms with E-state index in [4.69, 9.17) is 0 Å². The maximum Gasteiger partial charge on any atom is 0.242 e. The van der Waals surface area contributed by atoms with Crippen LogP contribution in [0.1, 0.15) is 18.4 Å². The van der Waals surface area contributed by atoms with Gasteiger partial charge in [-0.1, -0.05) is 6.07 Å². The normalized spacial score (nSPS) is 20.2. The van der Waals surface area contributed by atoms with Crippen LogP contribution in [0, 0.1) is 6.92 Å². The molecular weight excluding hydrogens is 190 g/mol. The largest absolute Gasteiger partial charge is 0.309 e. The van der Waals surface area contributed by atoms with Crippen LogP contribution in [0.4, 0.5) is 5.82 Å². The second-order valence-corrected chi connectivity index (χ2v) is 3.86. The number of aromatic nitrogens is 1. The summed E-state index contributed by atoms with van der Waals surface area (Å²) in [4.78, 5) is 15.8. The lowest BCUT2D eigenvalue weighted by Gasteiger charge is -2.10. The van der Waals surface area contributed by atoms with Gasteiger partial charge in [-0.15, -0.1) is 0 Å². The number of nitrogens with one attached hydrogen (secondary N) is 2. The third-order valence-electron chi connectivity index (χ3n) is 2.54. The summed E-state index contributed by atoms with van der Waals surface area (Å²) in [6, 6.07) is 3.71. The lowest BCUT2D eigenvalue weighted by molar-refractivity contribution is -0.117. The Balaban J connectivity index is 1.96. The Bertz CT molecular complexity index is 341. The van der Waals surface area contributed by atoms with E-state index in [1.54, 1.807) is 6.20 Å². The van der Waals surface area contributed by atoms with E-state index in [2.05, 4.69) is 15.6 Å². The number of aryl methyl sites for hydroxylation is 1. The third kappa shape index (κ3) is 2.53. The second kappa shape index (κ2) is 4.40. The highest BCUT2D eigenvalue weighted by Gasteiger charge is 2.21. The topological polar surface area (TPSA) is 54.0 Å². The molecule has 1 fully saturated rings. The molecule has 1 saturated heterocycles. The van der Waals surface area contributed by atoms with Gasteiger partial charge in [-0.05, 0) is 37.9 Å². The molecule has 0 spiro atoms.